The zero-order valence-electron chi connectivity index (χ0n) is 12.6. The number of hydrogen-bond donors (Lipinski definition) is 2. The van der Waals surface area contributed by atoms with Crippen molar-refractivity contribution in [2.24, 2.45) is 0 Å². The Morgan fingerprint density at radius 2 is 2.15 bits per heavy atom. The summed E-state index contributed by atoms with van der Waals surface area (Å²) in [7, 11) is -2.01. The van der Waals surface area contributed by atoms with E-state index >= 15 is 0 Å². The first-order chi connectivity index (χ1) is 9.45. The van der Waals surface area contributed by atoms with Crippen LogP contribution in [0.2, 0.25) is 0 Å². The monoisotopic (exact) mass is 306 g/mol. The summed E-state index contributed by atoms with van der Waals surface area (Å²) in [4.78, 5) is 12.0. The van der Waals surface area contributed by atoms with Gasteiger partial charge in [0.15, 0.2) is 0 Å². The van der Waals surface area contributed by atoms with E-state index in [4.69, 9.17) is 0 Å². The fourth-order valence-corrected chi connectivity index (χ4v) is 3.68. The molecule has 8 heteroatoms. The van der Waals surface area contributed by atoms with E-state index in [-0.39, 0.29) is 5.91 Å². The summed E-state index contributed by atoms with van der Waals surface area (Å²) in [6.07, 6.45) is 1.74. The number of piperazine rings is 1. The van der Waals surface area contributed by atoms with Crippen LogP contribution in [0.3, 0.4) is 0 Å². The summed E-state index contributed by atoms with van der Waals surface area (Å²) in [5.41, 5.74) is 0. The Labute approximate surface area is 121 Å². The highest BCUT2D eigenvalue weighted by Crippen LogP contribution is 2.14. The van der Waals surface area contributed by atoms with Crippen LogP contribution in [0.5, 0.6) is 0 Å². The van der Waals surface area contributed by atoms with Gasteiger partial charge >= 0.3 is 0 Å². The van der Waals surface area contributed by atoms with Crippen molar-refractivity contribution in [2.45, 2.75) is 32.7 Å². The average molecular weight is 306 g/mol. The van der Waals surface area contributed by atoms with Gasteiger partial charge in [0.2, 0.25) is 5.91 Å². The molecule has 1 aliphatic rings. The third-order valence-corrected chi connectivity index (χ3v) is 5.36. The number of nitrogens with zero attached hydrogens (tertiary/aromatic N) is 2. The SMILES string of the molecule is CCCCN(C)S(=O)(=O)N1CCNCC1C(=O)NCC. The van der Waals surface area contributed by atoms with Gasteiger partial charge in [-0.05, 0) is 13.3 Å². The molecule has 1 saturated heterocycles. The molecule has 1 rings (SSSR count). The van der Waals surface area contributed by atoms with Crippen molar-refractivity contribution >= 4 is 16.1 Å². The van der Waals surface area contributed by atoms with Crippen molar-refractivity contribution in [3.05, 3.63) is 0 Å². The molecule has 118 valence electrons. The summed E-state index contributed by atoms with van der Waals surface area (Å²) >= 11 is 0. The van der Waals surface area contributed by atoms with Gasteiger partial charge in [-0.25, -0.2) is 0 Å². The van der Waals surface area contributed by atoms with E-state index in [1.807, 2.05) is 13.8 Å². The fourth-order valence-electron chi connectivity index (χ4n) is 2.15. The van der Waals surface area contributed by atoms with Gasteiger partial charge in [-0.15, -0.1) is 0 Å². The third kappa shape index (κ3) is 4.15. The number of rotatable bonds is 7. The van der Waals surface area contributed by atoms with E-state index in [1.165, 1.54) is 8.61 Å². The lowest BCUT2D eigenvalue weighted by Gasteiger charge is -2.36. The first kappa shape index (κ1) is 17.4. The highest BCUT2D eigenvalue weighted by molar-refractivity contribution is 7.86. The Morgan fingerprint density at radius 1 is 1.45 bits per heavy atom. The van der Waals surface area contributed by atoms with Crippen molar-refractivity contribution in [3.8, 4) is 0 Å². The zero-order valence-corrected chi connectivity index (χ0v) is 13.4. The highest BCUT2D eigenvalue weighted by Gasteiger charge is 2.38. The highest BCUT2D eigenvalue weighted by atomic mass is 32.2. The van der Waals surface area contributed by atoms with Gasteiger partial charge in [-0.3, -0.25) is 4.79 Å². The lowest BCUT2D eigenvalue weighted by Crippen LogP contribution is -2.61. The predicted molar refractivity (Wildman–Crippen MR) is 78.5 cm³/mol. The molecule has 0 radical (unpaired) electrons. The molecule has 2 N–H and O–H groups in total. The van der Waals surface area contributed by atoms with E-state index in [9.17, 15) is 13.2 Å². The predicted octanol–water partition coefficient (Wildman–Crippen LogP) is -0.627. The molecule has 1 aliphatic heterocycles. The lowest BCUT2D eigenvalue weighted by atomic mass is 10.2. The smallest absolute Gasteiger partial charge is 0.282 e. The molecule has 1 heterocycles. The number of unbranched alkanes of at least 4 members (excludes halogenated alkanes) is 1. The Balaban J connectivity index is 2.85. The zero-order chi connectivity index (χ0) is 15.2. The van der Waals surface area contributed by atoms with Gasteiger partial charge in [0.05, 0.1) is 0 Å². The van der Waals surface area contributed by atoms with Crippen LogP contribution in [0.1, 0.15) is 26.7 Å². The van der Waals surface area contributed by atoms with E-state index < -0.39 is 16.3 Å². The summed E-state index contributed by atoms with van der Waals surface area (Å²) < 4.78 is 27.8. The first-order valence-corrected chi connectivity index (χ1v) is 8.56. The van der Waals surface area contributed by atoms with Crippen LogP contribution in [0.15, 0.2) is 0 Å². The Kier molecular flexibility index (Phi) is 6.87. The van der Waals surface area contributed by atoms with Crippen molar-refractivity contribution in [2.75, 3.05) is 39.8 Å². The summed E-state index contributed by atoms with van der Waals surface area (Å²) in [5.74, 6) is -0.243. The van der Waals surface area contributed by atoms with Crippen LogP contribution < -0.4 is 10.6 Å². The molecule has 1 unspecified atom stereocenters. The van der Waals surface area contributed by atoms with E-state index in [0.717, 1.165) is 12.8 Å². The minimum Gasteiger partial charge on any atom is -0.355 e. The normalized spacial score (nSPS) is 21.1. The topological polar surface area (TPSA) is 81.8 Å². The number of likely N-dealkylation sites (N-methyl/N-ethyl adjacent to an activating group) is 1. The molecule has 7 nitrogen and oxygen atoms in total. The van der Waals surface area contributed by atoms with Crippen molar-refractivity contribution in [3.63, 3.8) is 0 Å². The second-order valence-corrected chi connectivity index (χ2v) is 6.90. The molecule has 0 aromatic carbocycles. The maximum absolute atomic E-state index is 12.6. The molecule has 0 bridgehead atoms. The quantitative estimate of drug-likeness (QED) is 0.656. The van der Waals surface area contributed by atoms with Gasteiger partial charge in [0, 0.05) is 39.8 Å². The molecule has 0 aromatic rings. The largest absolute Gasteiger partial charge is 0.355 e. The Bertz CT molecular complexity index is 413. The van der Waals surface area contributed by atoms with E-state index in [1.54, 1.807) is 7.05 Å². The van der Waals surface area contributed by atoms with Gasteiger partial charge < -0.3 is 10.6 Å². The molecule has 0 aliphatic carbocycles. The lowest BCUT2D eigenvalue weighted by molar-refractivity contribution is -0.125. The van der Waals surface area contributed by atoms with E-state index in [2.05, 4.69) is 10.6 Å². The van der Waals surface area contributed by atoms with E-state index in [0.29, 0.717) is 32.7 Å². The van der Waals surface area contributed by atoms with Gasteiger partial charge in [-0.2, -0.15) is 17.0 Å². The summed E-state index contributed by atoms with van der Waals surface area (Å²) in [6, 6.07) is -0.669. The standard InChI is InChI=1S/C12H26N4O3S/c1-4-6-8-15(3)20(18,19)16-9-7-13-10-11(16)12(17)14-5-2/h11,13H,4-10H2,1-3H3,(H,14,17). The van der Waals surface area contributed by atoms with Crippen molar-refractivity contribution in [1.82, 2.24) is 19.2 Å². The molecule has 1 amide bonds. The van der Waals surface area contributed by atoms with Gasteiger partial charge in [-0.1, -0.05) is 13.3 Å². The second-order valence-electron chi connectivity index (χ2n) is 4.91. The van der Waals surface area contributed by atoms with Gasteiger partial charge in [0.25, 0.3) is 10.2 Å². The van der Waals surface area contributed by atoms with Gasteiger partial charge in [0.1, 0.15) is 6.04 Å². The fraction of sp³-hybridized carbons (Fsp3) is 0.917. The maximum Gasteiger partial charge on any atom is 0.282 e. The number of hydrogen-bond acceptors (Lipinski definition) is 4. The van der Waals surface area contributed by atoms with Crippen molar-refractivity contribution in [1.29, 1.82) is 0 Å². The number of nitrogens with one attached hydrogen (secondary N) is 2. The summed E-state index contributed by atoms with van der Waals surface area (Å²) in [6.45, 7) is 6.05. The molecule has 0 spiro atoms. The Morgan fingerprint density at radius 3 is 2.75 bits per heavy atom. The van der Waals surface area contributed by atoms with Crippen LogP contribution in [0, 0.1) is 0 Å². The molecule has 0 aromatic heterocycles. The maximum atomic E-state index is 12.6. The Hall–Kier alpha value is -0.700. The minimum absolute atomic E-state index is 0.243. The first-order valence-electron chi connectivity index (χ1n) is 7.16. The van der Waals surface area contributed by atoms with Crippen LogP contribution in [-0.4, -0.2) is 68.7 Å². The van der Waals surface area contributed by atoms with Crippen LogP contribution in [0.25, 0.3) is 0 Å². The summed E-state index contributed by atoms with van der Waals surface area (Å²) in [5, 5.41) is 5.77. The van der Waals surface area contributed by atoms with Crippen molar-refractivity contribution < 1.29 is 13.2 Å². The number of amides is 1. The molecule has 1 fully saturated rings. The number of carbonyl (C=O) groups excluding carboxylic acids is 1. The van der Waals surface area contributed by atoms with Crippen LogP contribution in [-0.2, 0) is 15.0 Å². The molecule has 0 saturated carbocycles. The number of carbonyl (C=O) groups is 1. The third-order valence-electron chi connectivity index (χ3n) is 3.36. The second kappa shape index (κ2) is 7.92. The molecule has 1 atom stereocenters. The van der Waals surface area contributed by atoms with Crippen LogP contribution >= 0.6 is 0 Å². The van der Waals surface area contributed by atoms with Crippen LogP contribution in [0.4, 0.5) is 0 Å². The molecule has 20 heavy (non-hydrogen) atoms. The molecular weight excluding hydrogens is 280 g/mol. The average Bonchev–Trinajstić information content (AvgIpc) is 2.44. The minimum atomic E-state index is -3.58. The molecular formula is C12H26N4O3S.